The van der Waals surface area contributed by atoms with Crippen molar-refractivity contribution in [1.82, 2.24) is 10.2 Å². The van der Waals surface area contributed by atoms with E-state index < -0.39 is 0 Å². The zero-order valence-electron chi connectivity index (χ0n) is 12.5. The summed E-state index contributed by atoms with van der Waals surface area (Å²) in [7, 11) is 0. The third-order valence-electron chi connectivity index (χ3n) is 3.02. The fourth-order valence-electron chi connectivity index (χ4n) is 2.02. The van der Waals surface area contributed by atoms with Crippen molar-refractivity contribution in [1.29, 1.82) is 0 Å². The molecule has 0 spiro atoms. The van der Waals surface area contributed by atoms with Gasteiger partial charge in [0.15, 0.2) is 6.61 Å². The molecule has 118 valence electrons. The molecule has 0 amide bonds. The van der Waals surface area contributed by atoms with Gasteiger partial charge >= 0.3 is 0 Å². The monoisotopic (exact) mass is 330 g/mol. The number of aromatic nitrogens is 2. The second-order valence-corrected chi connectivity index (χ2v) is 5.14. The lowest BCUT2D eigenvalue weighted by Gasteiger charge is -2.06. The minimum atomic E-state index is 0.184. The maximum atomic E-state index is 5.96. The molecule has 0 aliphatic carbocycles. The van der Waals surface area contributed by atoms with Crippen molar-refractivity contribution in [2.75, 3.05) is 6.61 Å². The highest BCUT2D eigenvalue weighted by atomic mass is 35.5. The van der Waals surface area contributed by atoms with E-state index in [4.69, 9.17) is 25.5 Å². The molecule has 0 N–H and O–H groups in total. The summed E-state index contributed by atoms with van der Waals surface area (Å²) in [5, 5.41) is 8.60. The number of ether oxygens (including phenoxy) is 2. The molecule has 2 aromatic carbocycles. The molecule has 0 saturated carbocycles. The first-order chi connectivity index (χ1) is 11.2. The van der Waals surface area contributed by atoms with E-state index in [1.54, 1.807) is 12.1 Å². The maximum Gasteiger partial charge on any atom is 0.254 e. The smallest absolute Gasteiger partial charge is 0.254 e. The molecule has 0 saturated heterocycles. The molecule has 5 nitrogen and oxygen atoms in total. The fourth-order valence-corrected chi connectivity index (χ4v) is 2.21. The van der Waals surface area contributed by atoms with Crippen LogP contribution in [0, 0.1) is 0 Å². The van der Waals surface area contributed by atoms with Gasteiger partial charge in [-0.15, -0.1) is 10.2 Å². The summed E-state index contributed by atoms with van der Waals surface area (Å²) in [6.45, 7) is 2.72. The highest BCUT2D eigenvalue weighted by molar-refractivity contribution is 6.30. The highest BCUT2D eigenvalue weighted by Gasteiger charge is 2.09. The van der Waals surface area contributed by atoms with E-state index in [2.05, 4.69) is 10.2 Å². The molecule has 1 aromatic heterocycles. The Bertz CT molecular complexity index is 789. The lowest BCUT2D eigenvalue weighted by Crippen LogP contribution is -1.97. The number of rotatable bonds is 6. The Labute approximate surface area is 138 Å². The van der Waals surface area contributed by atoms with Gasteiger partial charge in [-0.25, -0.2) is 0 Å². The topological polar surface area (TPSA) is 57.4 Å². The zero-order chi connectivity index (χ0) is 16.1. The molecule has 23 heavy (non-hydrogen) atoms. The van der Waals surface area contributed by atoms with Crippen LogP contribution in [0.5, 0.6) is 11.5 Å². The fraction of sp³-hybridized carbons (Fsp3) is 0.176. The van der Waals surface area contributed by atoms with Gasteiger partial charge in [-0.05, 0) is 37.3 Å². The second kappa shape index (κ2) is 7.15. The van der Waals surface area contributed by atoms with E-state index in [0.29, 0.717) is 29.2 Å². The summed E-state index contributed by atoms with van der Waals surface area (Å²) in [5.41, 5.74) is 0.773. The van der Waals surface area contributed by atoms with Crippen LogP contribution in [0.4, 0.5) is 0 Å². The third kappa shape index (κ3) is 4.02. The lowest BCUT2D eigenvalue weighted by molar-refractivity contribution is 0.262. The van der Waals surface area contributed by atoms with Crippen LogP contribution < -0.4 is 9.47 Å². The van der Waals surface area contributed by atoms with Gasteiger partial charge in [-0.3, -0.25) is 0 Å². The second-order valence-electron chi connectivity index (χ2n) is 4.71. The zero-order valence-corrected chi connectivity index (χ0v) is 13.3. The predicted octanol–water partition coefficient (Wildman–Crippen LogP) is 4.37. The quantitative estimate of drug-likeness (QED) is 0.671. The lowest BCUT2D eigenvalue weighted by atomic mass is 10.2. The van der Waals surface area contributed by atoms with Crippen molar-refractivity contribution in [2.24, 2.45) is 0 Å². The molecule has 0 aliphatic heterocycles. The van der Waals surface area contributed by atoms with Crippen molar-refractivity contribution in [3.8, 4) is 23.0 Å². The van der Waals surface area contributed by atoms with E-state index >= 15 is 0 Å². The van der Waals surface area contributed by atoms with Gasteiger partial charge < -0.3 is 13.9 Å². The van der Waals surface area contributed by atoms with Gasteiger partial charge in [-0.2, -0.15) is 0 Å². The molecule has 3 rings (SSSR count). The first-order valence-electron chi connectivity index (χ1n) is 7.18. The molecule has 1 heterocycles. The van der Waals surface area contributed by atoms with E-state index in [1.165, 1.54) is 0 Å². The molecule has 0 fully saturated rings. The van der Waals surface area contributed by atoms with Crippen molar-refractivity contribution < 1.29 is 13.9 Å². The van der Waals surface area contributed by atoms with Gasteiger partial charge in [0.25, 0.3) is 5.89 Å². The van der Waals surface area contributed by atoms with Gasteiger partial charge in [0.05, 0.1) is 6.61 Å². The Morgan fingerprint density at radius 3 is 2.57 bits per heavy atom. The van der Waals surface area contributed by atoms with Crippen LogP contribution in [0.1, 0.15) is 12.8 Å². The molecule has 0 radical (unpaired) electrons. The van der Waals surface area contributed by atoms with Crippen molar-refractivity contribution >= 4 is 11.6 Å². The van der Waals surface area contributed by atoms with Crippen LogP contribution in [0.2, 0.25) is 5.02 Å². The molecule has 0 atom stereocenters. The van der Waals surface area contributed by atoms with E-state index in [9.17, 15) is 0 Å². The van der Waals surface area contributed by atoms with Crippen LogP contribution in [0.15, 0.2) is 52.9 Å². The minimum Gasteiger partial charge on any atom is -0.494 e. The Morgan fingerprint density at radius 1 is 1.00 bits per heavy atom. The van der Waals surface area contributed by atoms with Gasteiger partial charge in [0, 0.05) is 16.7 Å². The first kappa shape index (κ1) is 15.4. The van der Waals surface area contributed by atoms with E-state index in [0.717, 1.165) is 11.3 Å². The Kier molecular flexibility index (Phi) is 4.78. The largest absolute Gasteiger partial charge is 0.494 e. The summed E-state index contributed by atoms with van der Waals surface area (Å²) < 4.78 is 16.7. The maximum absolute atomic E-state index is 5.96. The summed E-state index contributed by atoms with van der Waals surface area (Å²) in [5.74, 6) is 2.24. The first-order valence-corrected chi connectivity index (χ1v) is 7.56. The van der Waals surface area contributed by atoms with E-state index in [-0.39, 0.29) is 6.61 Å². The number of benzene rings is 2. The van der Waals surface area contributed by atoms with Crippen LogP contribution in [-0.2, 0) is 6.61 Å². The van der Waals surface area contributed by atoms with Gasteiger partial charge in [0.1, 0.15) is 11.5 Å². The highest BCUT2D eigenvalue weighted by Crippen LogP contribution is 2.23. The van der Waals surface area contributed by atoms with Crippen molar-refractivity contribution in [3.63, 3.8) is 0 Å². The minimum absolute atomic E-state index is 0.184. The number of nitrogens with zero attached hydrogens (tertiary/aromatic N) is 2. The third-order valence-corrected chi connectivity index (χ3v) is 3.25. The summed E-state index contributed by atoms with van der Waals surface area (Å²) >= 11 is 5.96. The Hall–Kier alpha value is -2.53. The average Bonchev–Trinajstić information content (AvgIpc) is 3.03. The molecular formula is C17H15ClN2O3. The van der Waals surface area contributed by atoms with Gasteiger partial charge in [0.2, 0.25) is 5.89 Å². The molecule has 6 heteroatoms. The Morgan fingerprint density at radius 2 is 1.78 bits per heavy atom. The SMILES string of the molecule is CCOc1cccc(OCc2nnc(-c3cccc(Cl)c3)o2)c1. The molecule has 0 unspecified atom stereocenters. The van der Waals surface area contributed by atoms with Crippen LogP contribution in [-0.4, -0.2) is 16.8 Å². The van der Waals surface area contributed by atoms with Gasteiger partial charge in [-0.1, -0.05) is 23.7 Å². The number of halogens is 1. The van der Waals surface area contributed by atoms with Crippen LogP contribution in [0.25, 0.3) is 11.5 Å². The predicted molar refractivity (Wildman–Crippen MR) is 86.7 cm³/mol. The van der Waals surface area contributed by atoms with E-state index in [1.807, 2.05) is 43.3 Å². The average molecular weight is 331 g/mol. The summed E-state index contributed by atoms with van der Waals surface area (Å²) in [4.78, 5) is 0. The van der Waals surface area contributed by atoms with Crippen molar-refractivity contribution in [2.45, 2.75) is 13.5 Å². The normalized spacial score (nSPS) is 10.5. The molecular weight excluding hydrogens is 316 g/mol. The Balaban J connectivity index is 1.66. The number of hydrogen-bond acceptors (Lipinski definition) is 5. The van der Waals surface area contributed by atoms with Crippen LogP contribution >= 0.6 is 11.6 Å². The molecule has 3 aromatic rings. The van der Waals surface area contributed by atoms with Crippen molar-refractivity contribution in [3.05, 3.63) is 59.4 Å². The number of hydrogen-bond donors (Lipinski definition) is 0. The summed E-state index contributed by atoms with van der Waals surface area (Å²) in [6, 6.07) is 14.6. The summed E-state index contributed by atoms with van der Waals surface area (Å²) in [6.07, 6.45) is 0. The van der Waals surface area contributed by atoms with Crippen LogP contribution in [0.3, 0.4) is 0 Å². The molecule has 0 aliphatic rings. The standard InChI is InChI=1S/C17H15ClN2O3/c1-2-21-14-7-4-8-15(10-14)22-11-16-19-20-17(23-16)12-5-3-6-13(18)9-12/h3-10H,2,11H2,1H3. The molecule has 0 bridgehead atoms.